The van der Waals surface area contributed by atoms with E-state index in [1.165, 1.54) is 18.4 Å². The summed E-state index contributed by atoms with van der Waals surface area (Å²) in [6.45, 7) is 4.67. The molecule has 0 atom stereocenters. The molecule has 1 aliphatic rings. The van der Waals surface area contributed by atoms with E-state index in [1.54, 1.807) is 11.4 Å². The molecular weight excluding hydrogens is 294 g/mol. The molecule has 0 spiro atoms. The predicted octanol–water partition coefficient (Wildman–Crippen LogP) is 0.988. The van der Waals surface area contributed by atoms with E-state index in [0.29, 0.717) is 17.1 Å². The number of ether oxygens (including phenoxy) is 2. The number of methoxy groups -OCH3 is 1. The Hall–Kier alpha value is -1.64. The smallest absolute Gasteiger partial charge is 0.338 e. The third kappa shape index (κ3) is 5.00. The number of carbonyl (C=O) groups is 2. The molecule has 2 amide bonds. The summed E-state index contributed by atoms with van der Waals surface area (Å²) in [6.07, 6.45) is 0. The fourth-order valence-corrected chi connectivity index (χ4v) is 2.70. The summed E-state index contributed by atoms with van der Waals surface area (Å²) in [7, 11) is 1.32. The Morgan fingerprint density at radius 1 is 1.43 bits per heavy atom. The number of urea groups is 1. The monoisotopic (exact) mass is 313 g/mol. The lowest BCUT2D eigenvalue weighted by atomic mass is 10.3. The summed E-state index contributed by atoms with van der Waals surface area (Å²) in [5, 5.41) is 7.74. The number of nitrogens with zero attached hydrogens (tertiary/aromatic N) is 1. The molecule has 1 saturated heterocycles. The van der Waals surface area contributed by atoms with E-state index in [-0.39, 0.29) is 6.03 Å². The van der Waals surface area contributed by atoms with Crippen LogP contribution >= 0.6 is 11.3 Å². The number of carbonyl (C=O) groups excluding carboxylic acids is 2. The lowest BCUT2D eigenvalue weighted by molar-refractivity contribution is 0.0388. The van der Waals surface area contributed by atoms with Crippen LogP contribution < -0.4 is 10.6 Å². The van der Waals surface area contributed by atoms with E-state index in [0.717, 1.165) is 32.8 Å². The second kappa shape index (κ2) is 7.96. The molecule has 2 N–H and O–H groups in total. The highest BCUT2D eigenvalue weighted by Gasteiger charge is 2.12. The second-order valence-electron chi connectivity index (χ2n) is 4.53. The highest BCUT2D eigenvalue weighted by Crippen LogP contribution is 2.20. The predicted molar refractivity (Wildman–Crippen MR) is 79.9 cm³/mol. The standard InChI is InChI=1S/C13H19N3O4S/c1-19-12(17)10-8-11(21-9-10)15-13(18)14-2-3-16-4-6-20-7-5-16/h8-9H,2-7H2,1H3,(H2,14,15,18). The molecule has 7 nitrogen and oxygen atoms in total. The minimum Gasteiger partial charge on any atom is -0.465 e. The molecule has 0 aromatic carbocycles. The van der Waals surface area contributed by atoms with Crippen LogP contribution in [0.3, 0.4) is 0 Å². The molecule has 0 saturated carbocycles. The van der Waals surface area contributed by atoms with Crippen LogP contribution in [0.15, 0.2) is 11.4 Å². The van der Waals surface area contributed by atoms with Crippen LogP contribution in [0, 0.1) is 0 Å². The summed E-state index contributed by atoms with van der Waals surface area (Å²) < 4.78 is 9.87. The number of hydrogen-bond donors (Lipinski definition) is 2. The van der Waals surface area contributed by atoms with Crippen LogP contribution in [0.4, 0.5) is 9.80 Å². The summed E-state index contributed by atoms with van der Waals surface area (Å²) in [5.41, 5.74) is 0.436. The van der Waals surface area contributed by atoms with Gasteiger partial charge in [-0.25, -0.2) is 9.59 Å². The van der Waals surface area contributed by atoms with E-state index in [9.17, 15) is 9.59 Å². The van der Waals surface area contributed by atoms with Crippen molar-refractivity contribution in [3.8, 4) is 0 Å². The Bertz CT molecular complexity index is 486. The van der Waals surface area contributed by atoms with Gasteiger partial charge in [0.05, 0.1) is 30.9 Å². The van der Waals surface area contributed by atoms with Crippen molar-refractivity contribution in [3.05, 3.63) is 17.0 Å². The number of amides is 2. The van der Waals surface area contributed by atoms with Crippen LogP contribution in [-0.2, 0) is 9.47 Å². The molecular formula is C13H19N3O4S. The van der Waals surface area contributed by atoms with Crippen molar-refractivity contribution in [1.29, 1.82) is 0 Å². The van der Waals surface area contributed by atoms with Gasteiger partial charge in [0.1, 0.15) is 0 Å². The average molecular weight is 313 g/mol. The minimum atomic E-state index is -0.410. The molecule has 2 rings (SSSR count). The fraction of sp³-hybridized carbons (Fsp3) is 0.538. The summed E-state index contributed by atoms with van der Waals surface area (Å²) >= 11 is 1.28. The molecule has 1 aromatic rings. The highest BCUT2D eigenvalue weighted by molar-refractivity contribution is 7.14. The lowest BCUT2D eigenvalue weighted by Crippen LogP contribution is -2.42. The van der Waals surface area contributed by atoms with Gasteiger partial charge in [0.2, 0.25) is 0 Å². The Kier molecular flexibility index (Phi) is 5.97. The first-order valence-corrected chi connectivity index (χ1v) is 7.59. The molecule has 0 aliphatic carbocycles. The zero-order chi connectivity index (χ0) is 15.1. The van der Waals surface area contributed by atoms with E-state index in [4.69, 9.17) is 4.74 Å². The maximum atomic E-state index is 11.7. The molecule has 21 heavy (non-hydrogen) atoms. The molecule has 8 heteroatoms. The fourth-order valence-electron chi connectivity index (χ4n) is 1.94. The maximum absolute atomic E-state index is 11.7. The summed E-state index contributed by atoms with van der Waals surface area (Å²) in [5.74, 6) is -0.410. The van der Waals surface area contributed by atoms with Gasteiger partial charge in [0.15, 0.2) is 0 Å². The van der Waals surface area contributed by atoms with E-state index in [2.05, 4.69) is 20.3 Å². The Morgan fingerprint density at radius 3 is 2.90 bits per heavy atom. The quantitative estimate of drug-likeness (QED) is 0.793. The number of hydrogen-bond acceptors (Lipinski definition) is 6. The van der Waals surface area contributed by atoms with Crippen molar-refractivity contribution < 1.29 is 19.1 Å². The molecule has 0 bridgehead atoms. The van der Waals surface area contributed by atoms with Crippen molar-refractivity contribution in [3.63, 3.8) is 0 Å². The topological polar surface area (TPSA) is 79.9 Å². The first-order chi connectivity index (χ1) is 10.2. The third-order valence-electron chi connectivity index (χ3n) is 3.07. The van der Waals surface area contributed by atoms with Gasteiger partial charge in [-0.1, -0.05) is 0 Å². The molecule has 1 aliphatic heterocycles. The number of morpholine rings is 1. The van der Waals surface area contributed by atoms with Gasteiger partial charge < -0.3 is 14.8 Å². The van der Waals surface area contributed by atoms with E-state index < -0.39 is 5.97 Å². The van der Waals surface area contributed by atoms with Crippen molar-refractivity contribution in [2.24, 2.45) is 0 Å². The largest absolute Gasteiger partial charge is 0.465 e. The normalized spacial score (nSPS) is 15.5. The average Bonchev–Trinajstić information content (AvgIpc) is 2.96. The highest BCUT2D eigenvalue weighted by atomic mass is 32.1. The van der Waals surface area contributed by atoms with Gasteiger partial charge >= 0.3 is 12.0 Å². The van der Waals surface area contributed by atoms with Crippen molar-refractivity contribution in [2.45, 2.75) is 0 Å². The third-order valence-corrected chi connectivity index (χ3v) is 3.92. The molecule has 2 heterocycles. The van der Waals surface area contributed by atoms with Gasteiger partial charge in [-0.3, -0.25) is 10.2 Å². The number of anilines is 1. The van der Waals surface area contributed by atoms with Crippen LogP contribution in [0.2, 0.25) is 0 Å². The first kappa shape index (κ1) is 15.7. The van der Waals surface area contributed by atoms with E-state index in [1.807, 2.05) is 0 Å². The summed E-state index contributed by atoms with van der Waals surface area (Å²) in [6, 6.07) is 1.32. The summed E-state index contributed by atoms with van der Waals surface area (Å²) in [4.78, 5) is 25.3. The van der Waals surface area contributed by atoms with Crippen LogP contribution in [-0.4, -0.2) is 63.4 Å². The first-order valence-electron chi connectivity index (χ1n) is 6.71. The zero-order valence-electron chi connectivity index (χ0n) is 11.9. The van der Waals surface area contributed by atoms with Crippen LogP contribution in [0.5, 0.6) is 0 Å². The molecule has 0 unspecified atom stereocenters. The molecule has 116 valence electrons. The number of esters is 1. The Balaban J connectivity index is 1.69. The van der Waals surface area contributed by atoms with Gasteiger partial charge in [-0.15, -0.1) is 11.3 Å². The Labute approximate surface area is 127 Å². The maximum Gasteiger partial charge on any atom is 0.338 e. The molecule has 1 aromatic heterocycles. The second-order valence-corrected chi connectivity index (χ2v) is 5.44. The lowest BCUT2D eigenvalue weighted by Gasteiger charge is -2.26. The van der Waals surface area contributed by atoms with Crippen molar-refractivity contribution in [2.75, 3.05) is 51.8 Å². The minimum absolute atomic E-state index is 0.276. The van der Waals surface area contributed by atoms with Gasteiger partial charge in [0, 0.05) is 31.6 Å². The van der Waals surface area contributed by atoms with Gasteiger partial charge in [-0.2, -0.15) is 0 Å². The van der Waals surface area contributed by atoms with Crippen molar-refractivity contribution in [1.82, 2.24) is 10.2 Å². The van der Waals surface area contributed by atoms with E-state index >= 15 is 0 Å². The number of rotatable bonds is 5. The van der Waals surface area contributed by atoms with Gasteiger partial charge in [0.25, 0.3) is 0 Å². The molecule has 1 fully saturated rings. The number of thiophene rings is 1. The Morgan fingerprint density at radius 2 is 2.19 bits per heavy atom. The molecule has 0 radical (unpaired) electrons. The van der Waals surface area contributed by atoms with Crippen molar-refractivity contribution >= 4 is 28.3 Å². The van der Waals surface area contributed by atoms with Crippen LogP contribution in [0.25, 0.3) is 0 Å². The van der Waals surface area contributed by atoms with Gasteiger partial charge in [-0.05, 0) is 6.07 Å². The van der Waals surface area contributed by atoms with Crippen LogP contribution in [0.1, 0.15) is 10.4 Å². The zero-order valence-corrected chi connectivity index (χ0v) is 12.7. The SMILES string of the molecule is COC(=O)c1csc(NC(=O)NCCN2CCOCC2)c1. The number of nitrogens with one attached hydrogen (secondary N) is 2.